The second kappa shape index (κ2) is 4.09. The van der Waals surface area contributed by atoms with E-state index in [0.29, 0.717) is 10.3 Å². The molecule has 4 heteroatoms. The molecule has 0 radical (unpaired) electrons. The Morgan fingerprint density at radius 2 is 2.14 bits per heavy atom. The van der Waals surface area contributed by atoms with Gasteiger partial charge in [0.05, 0.1) is 12.8 Å². The van der Waals surface area contributed by atoms with Gasteiger partial charge in [0.25, 0.3) is 0 Å². The lowest BCUT2D eigenvalue weighted by molar-refractivity contribution is -0.146. The Bertz CT molecular complexity index is 350. The molecule has 1 aromatic heterocycles. The van der Waals surface area contributed by atoms with Crippen LogP contribution in [0.4, 0.5) is 0 Å². The number of rotatable bonds is 2. The van der Waals surface area contributed by atoms with E-state index in [9.17, 15) is 4.79 Å². The lowest BCUT2D eigenvalue weighted by Gasteiger charge is -2.20. The number of hydrogen-bond donors (Lipinski definition) is 0. The first-order valence-corrected chi connectivity index (χ1v) is 4.99. The minimum absolute atomic E-state index is 0.289. The number of aromatic nitrogens is 1. The predicted octanol–water partition coefficient (Wildman–Crippen LogP) is 2.29. The van der Waals surface area contributed by atoms with Crippen LogP contribution in [0.5, 0.6) is 0 Å². The lowest BCUT2D eigenvalue weighted by atomic mass is 9.89. The summed E-state index contributed by atoms with van der Waals surface area (Å²) in [5.74, 6) is -0.289. The Hall–Kier alpha value is -0.900. The summed E-state index contributed by atoms with van der Waals surface area (Å²) in [6.45, 7) is 3.57. The Balaban J connectivity index is 3.09. The summed E-state index contributed by atoms with van der Waals surface area (Å²) in [5, 5.41) is 0. The summed E-state index contributed by atoms with van der Waals surface area (Å²) in [7, 11) is 1.38. The number of hydrogen-bond acceptors (Lipinski definition) is 3. The smallest absolute Gasteiger partial charge is 0.317 e. The van der Waals surface area contributed by atoms with Crippen LogP contribution in [0.3, 0.4) is 0 Å². The molecule has 0 N–H and O–H groups in total. The average Bonchev–Trinajstić information content (AvgIpc) is 2.16. The molecule has 0 aliphatic carbocycles. The van der Waals surface area contributed by atoms with Gasteiger partial charge in [0.15, 0.2) is 0 Å². The van der Waals surface area contributed by atoms with Crippen molar-refractivity contribution in [2.75, 3.05) is 7.11 Å². The van der Waals surface area contributed by atoms with Gasteiger partial charge in [-0.3, -0.25) is 4.79 Å². The first kappa shape index (κ1) is 11.2. The molecule has 1 heterocycles. The van der Waals surface area contributed by atoms with E-state index in [2.05, 4.69) is 20.9 Å². The molecule has 0 fully saturated rings. The zero-order chi connectivity index (χ0) is 10.8. The maximum atomic E-state index is 11.5. The standard InChI is InChI=1S/C10H12BrNO2/c1-10(2,9(13)14-3)7-5-4-6-8(11)12-7/h4-6H,1-3H3. The fraction of sp³-hybridized carbons (Fsp3) is 0.400. The van der Waals surface area contributed by atoms with Crippen molar-refractivity contribution in [3.8, 4) is 0 Å². The van der Waals surface area contributed by atoms with Crippen LogP contribution in [-0.2, 0) is 14.9 Å². The van der Waals surface area contributed by atoms with Gasteiger partial charge in [0.1, 0.15) is 10.0 Å². The number of carbonyl (C=O) groups excluding carboxylic acids is 1. The van der Waals surface area contributed by atoms with Gasteiger partial charge < -0.3 is 4.74 Å². The first-order chi connectivity index (χ1) is 6.48. The van der Waals surface area contributed by atoms with Crippen LogP contribution in [-0.4, -0.2) is 18.1 Å². The van der Waals surface area contributed by atoms with Crippen molar-refractivity contribution >= 4 is 21.9 Å². The largest absolute Gasteiger partial charge is 0.468 e. The van der Waals surface area contributed by atoms with Crippen LogP contribution in [0, 0.1) is 0 Å². The SMILES string of the molecule is COC(=O)C(C)(C)c1cccc(Br)n1. The van der Waals surface area contributed by atoms with E-state index in [1.165, 1.54) is 7.11 Å². The minimum Gasteiger partial charge on any atom is -0.468 e. The van der Waals surface area contributed by atoms with Gasteiger partial charge in [-0.05, 0) is 41.9 Å². The fourth-order valence-electron chi connectivity index (χ4n) is 1.12. The van der Waals surface area contributed by atoms with Crippen molar-refractivity contribution in [1.29, 1.82) is 0 Å². The molecule has 0 bridgehead atoms. The van der Waals surface area contributed by atoms with Crippen molar-refractivity contribution in [3.05, 3.63) is 28.5 Å². The van der Waals surface area contributed by atoms with Crippen molar-refractivity contribution in [2.45, 2.75) is 19.3 Å². The maximum Gasteiger partial charge on any atom is 0.317 e. The monoisotopic (exact) mass is 257 g/mol. The summed E-state index contributed by atoms with van der Waals surface area (Å²) in [6.07, 6.45) is 0. The van der Waals surface area contributed by atoms with Gasteiger partial charge in [-0.2, -0.15) is 0 Å². The summed E-state index contributed by atoms with van der Waals surface area (Å²) in [4.78, 5) is 15.7. The van der Waals surface area contributed by atoms with Crippen LogP contribution >= 0.6 is 15.9 Å². The molecule has 3 nitrogen and oxygen atoms in total. The Morgan fingerprint density at radius 1 is 1.50 bits per heavy atom. The molecular weight excluding hydrogens is 246 g/mol. The number of halogens is 1. The third-order valence-electron chi connectivity index (χ3n) is 2.05. The lowest BCUT2D eigenvalue weighted by Crippen LogP contribution is -2.31. The zero-order valence-corrected chi connectivity index (χ0v) is 9.96. The van der Waals surface area contributed by atoms with Crippen LogP contribution in [0.25, 0.3) is 0 Å². The Kier molecular flexibility index (Phi) is 3.26. The molecule has 0 spiro atoms. The third-order valence-corrected chi connectivity index (χ3v) is 2.49. The van der Waals surface area contributed by atoms with Gasteiger partial charge in [0.2, 0.25) is 0 Å². The van der Waals surface area contributed by atoms with Crippen molar-refractivity contribution < 1.29 is 9.53 Å². The maximum absolute atomic E-state index is 11.5. The van der Waals surface area contributed by atoms with Gasteiger partial charge in [-0.1, -0.05) is 6.07 Å². The molecule has 0 saturated heterocycles. The highest BCUT2D eigenvalue weighted by Crippen LogP contribution is 2.23. The molecule has 0 unspecified atom stereocenters. The minimum atomic E-state index is -0.710. The highest BCUT2D eigenvalue weighted by atomic mass is 79.9. The predicted molar refractivity (Wildman–Crippen MR) is 57.0 cm³/mol. The van der Waals surface area contributed by atoms with Crippen LogP contribution in [0.2, 0.25) is 0 Å². The van der Waals surface area contributed by atoms with Crippen molar-refractivity contribution in [3.63, 3.8) is 0 Å². The van der Waals surface area contributed by atoms with Gasteiger partial charge in [-0.25, -0.2) is 4.98 Å². The molecule has 0 aliphatic rings. The molecule has 0 aliphatic heterocycles. The molecule has 0 saturated carbocycles. The molecule has 0 amide bonds. The van der Waals surface area contributed by atoms with Crippen molar-refractivity contribution in [2.24, 2.45) is 0 Å². The van der Waals surface area contributed by atoms with Crippen LogP contribution in [0.15, 0.2) is 22.8 Å². The van der Waals surface area contributed by atoms with Gasteiger partial charge in [0, 0.05) is 0 Å². The summed E-state index contributed by atoms with van der Waals surface area (Å²) in [5.41, 5.74) is -0.0165. The van der Waals surface area contributed by atoms with Crippen LogP contribution < -0.4 is 0 Å². The molecular formula is C10H12BrNO2. The second-order valence-electron chi connectivity index (χ2n) is 3.46. The third kappa shape index (κ3) is 2.12. The molecule has 1 rings (SSSR count). The number of esters is 1. The van der Waals surface area contributed by atoms with E-state index in [-0.39, 0.29) is 5.97 Å². The first-order valence-electron chi connectivity index (χ1n) is 4.20. The summed E-state index contributed by atoms with van der Waals surface area (Å²) >= 11 is 3.26. The quantitative estimate of drug-likeness (QED) is 0.603. The van der Waals surface area contributed by atoms with Gasteiger partial charge in [-0.15, -0.1) is 0 Å². The van der Waals surface area contributed by atoms with E-state index >= 15 is 0 Å². The molecule has 0 aromatic carbocycles. The highest BCUT2D eigenvalue weighted by molar-refractivity contribution is 9.10. The van der Waals surface area contributed by atoms with E-state index in [4.69, 9.17) is 4.74 Å². The highest BCUT2D eigenvalue weighted by Gasteiger charge is 2.32. The normalized spacial score (nSPS) is 11.1. The van der Waals surface area contributed by atoms with Crippen molar-refractivity contribution in [1.82, 2.24) is 4.98 Å². The van der Waals surface area contributed by atoms with Gasteiger partial charge >= 0.3 is 5.97 Å². The molecule has 14 heavy (non-hydrogen) atoms. The van der Waals surface area contributed by atoms with E-state index < -0.39 is 5.41 Å². The van der Waals surface area contributed by atoms with Crippen LogP contribution in [0.1, 0.15) is 19.5 Å². The molecule has 1 aromatic rings. The number of pyridine rings is 1. The molecule has 76 valence electrons. The summed E-state index contributed by atoms with van der Waals surface area (Å²) in [6, 6.07) is 5.47. The number of nitrogens with zero attached hydrogens (tertiary/aromatic N) is 1. The second-order valence-corrected chi connectivity index (χ2v) is 4.27. The average molecular weight is 258 g/mol. The van der Waals surface area contributed by atoms with E-state index in [0.717, 1.165) is 0 Å². The zero-order valence-electron chi connectivity index (χ0n) is 8.37. The van der Waals surface area contributed by atoms with E-state index in [1.54, 1.807) is 13.8 Å². The number of ether oxygens (including phenoxy) is 1. The topological polar surface area (TPSA) is 39.2 Å². The Morgan fingerprint density at radius 3 is 2.64 bits per heavy atom. The molecule has 0 atom stereocenters. The number of carbonyl (C=O) groups is 1. The van der Waals surface area contributed by atoms with E-state index in [1.807, 2.05) is 18.2 Å². The Labute approximate surface area is 91.6 Å². The number of methoxy groups -OCH3 is 1. The summed E-state index contributed by atoms with van der Waals surface area (Å²) < 4.78 is 5.43. The fourth-order valence-corrected chi connectivity index (χ4v) is 1.46.